The van der Waals surface area contributed by atoms with Crippen LogP contribution in [0.3, 0.4) is 0 Å². The standard InChI is InChI=1S/C14H19F9O4/c1-2-3-24-4-11(5-25-8-12(15,16)17,6-26-9-13(18,19)20)7-27-10-14(21,22)23/h2H,1,3-10H2. The summed E-state index contributed by atoms with van der Waals surface area (Å²) in [6.07, 6.45) is -13.0. The average molecular weight is 422 g/mol. The van der Waals surface area contributed by atoms with E-state index in [4.69, 9.17) is 4.74 Å². The molecule has 0 aromatic carbocycles. The molecule has 0 aromatic heterocycles. The third kappa shape index (κ3) is 15.7. The van der Waals surface area contributed by atoms with Gasteiger partial charge in [0, 0.05) is 0 Å². The predicted octanol–water partition coefficient (Wildman–Crippen LogP) is 3.91. The summed E-state index contributed by atoms with van der Waals surface area (Å²) in [7, 11) is 0. The van der Waals surface area contributed by atoms with Crippen molar-refractivity contribution in [1.29, 1.82) is 0 Å². The zero-order chi connectivity index (χ0) is 21.2. The minimum absolute atomic E-state index is 0.153. The van der Waals surface area contributed by atoms with E-state index in [1.165, 1.54) is 6.08 Å². The van der Waals surface area contributed by atoms with E-state index in [1.807, 2.05) is 0 Å². The van der Waals surface area contributed by atoms with Crippen LogP contribution in [0.2, 0.25) is 0 Å². The summed E-state index contributed by atoms with van der Waals surface area (Å²) in [6, 6.07) is 0. The minimum Gasteiger partial charge on any atom is -0.377 e. The van der Waals surface area contributed by atoms with Crippen LogP contribution in [-0.2, 0) is 18.9 Å². The van der Waals surface area contributed by atoms with Crippen LogP contribution in [0, 0.1) is 5.41 Å². The summed E-state index contributed by atoms with van der Waals surface area (Å²) in [5, 5.41) is 0. The molecule has 0 saturated heterocycles. The summed E-state index contributed by atoms with van der Waals surface area (Å²) >= 11 is 0. The van der Waals surface area contributed by atoms with Gasteiger partial charge in [-0.2, -0.15) is 39.5 Å². The lowest BCUT2D eigenvalue weighted by Crippen LogP contribution is -2.44. The molecular weight excluding hydrogens is 403 g/mol. The number of rotatable bonds is 13. The molecule has 0 aromatic rings. The topological polar surface area (TPSA) is 36.9 Å². The molecule has 27 heavy (non-hydrogen) atoms. The van der Waals surface area contributed by atoms with Crippen molar-refractivity contribution in [2.75, 3.05) is 52.9 Å². The Morgan fingerprint density at radius 2 is 0.815 bits per heavy atom. The van der Waals surface area contributed by atoms with Crippen molar-refractivity contribution in [3.63, 3.8) is 0 Å². The number of ether oxygens (including phenoxy) is 4. The summed E-state index contributed by atoms with van der Waals surface area (Å²) in [4.78, 5) is 0. The van der Waals surface area contributed by atoms with E-state index in [0.717, 1.165) is 0 Å². The van der Waals surface area contributed by atoms with Crippen LogP contribution in [0.1, 0.15) is 0 Å². The first-order chi connectivity index (χ1) is 12.2. The summed E-state index contributed by atoms with van der Waals surface area (Å²) in [5.41, 5.74) is -1.83. The van der Waals surface area contributed by atoms with E-state index in [9.17, 15) is 39.5 Å². The van der Waals surface area contributed by atoms with Crippen LogP contribution in [-0.4, -0.2) is 71.4 Å². The first-order valence-electron chi connectivity index (χ1n) is 7.30. The molecule has 0 saturated carbocycles. The SMILES string of the molecule is C=CCOCC(COCC(F)(F)F)(COCC(F)(F)F)COCC(F)(F)F. The predicted molar refractivity (Wildman–Crippen MR) is 74.1 cm³/mol. The van der Waals surface area contributed by atoms with E-state index < -0.39 is 70.2 Å². The van der Waals surface area contributed by atoms with Crippen LogP contribution in [0.15, 0.2) is 12.7 Å². The minimum atomic E-state index is -4.74. The van der Waals surface area contributed by atoms with E-state index in [0.29, 0.717) is 0 Å². The Morgan fingerprint density at radius 1 is 0.519 bits per heavy atom. The van der Waals surface area contributed by atoms with Crippen molar-refractivity contribution in [1.82, 2.24) is 0 Å². The molecule has 0 unspecified atom stereocenters. The number of alkyl halides is 9. The van der Waals surface area contributed by atoms with Crippen molar-refractivity contribution < 1.29 is 58.5 Å². The van der Waals surface area contributed by atoms with Gasteiger partial charge >= 0.3 is 18.5 Å². The third-order valence-corrected chi connectivity index (χ3v) is 2.67. The van der Waals surface area contributed by atoms with Crippen molar-refractivity contribution >= 4 is 0 Å². The van der Waals surface area contributed by atoms with Crippen molar-refractivity contribution in [2.24, 2.45) is 5.41 Å². The lowest BCUT2D eigenvalue weighted by Gasteiger charge is -2.33. The molecule has 0 rings (SSSR count). The van der Waals surface area contributed by atoms with Crippen LogP contribution < -0.4 is 0 Å². The highest BCUT2D eigenvalue weighted by atomic mass is 19.4. The van der Waals surface area contributed by atoms with Crippen molar-refractivity contribution in [3.05, 3.63) is 12.7 Å². The fraction of sp³-hybridized carbons (Fsp3) is 0.857. The molecule has 13 heteroatoms. The first kappa shape index (κ1) is 26.0. The largest absolute Gasteiger partial charge is 0.411 e. The molecular formula is C14H19F9O4. The van der Waals surface area contributed by atoms with E-state index in [-0.39, 0.29) is 6.61 Å². The molecule has 0 spiro atoms. The summed E-state index contributed by atoms with van der Waals surface area (Å²) in [5.74, 6) is 0. The van der Waals surface area contributed by atoms with Crippen LogP contribution in [0.25, 0.3) is 0 Å². The first-order valence-corrected chi connectivity index (χ1v) is 7.30. The lowest BCUT2D eigenvalue weighted by molar-refractivity contribution is -0.216. The van der Waals surface area contributed by atoms with Crippen molar-refractivity contribution in [3.8, 4) is 0 Å². The molecule has 4 nitrogen and oxygen atoms in total. The van der Waals surface area contributed by atoms with Gasteiger partial charge in [-0.1, -0.05) is 6.08 Å². The van der Waals surface area contributed by atoms with Gasteiger partial charge in [0.2, 0.25) is 0 Å². The smallest absolute Gasteiger partial charge is 0.377 e. The third-order valence-electron chi connectivity index (χ3n) is 2.67. The summed E-state index contributed by atoms with van der Waals surface area (Å²) in [6.45, 7) is -5.41. The average Bonchev–Trinajstić information content (AvgIpc) is 2.43. The van der Waals surface area contributed by atoms with Gasteiger partial charge in [-0.05, 0) is 0 Å². The van der Waals surface area contributed by atoms with E-state index in [1.54, 1.807) is 0 Å². The lowest BCUT2D eigenvalue weighted by atomic mass is 9.92. The second kappa shape index (κ2) is 11.1. The Hall–Kier alpha value is -1.05. The molecule has 0 aliphatic carbocycles. The van der Waals surface area contributed by atoms with Gasteiger partial charge in [-0.3, -0.25) is 0 Å². The van der Waals surface area contributed by atoms with Crippen molar-refractivity contribution in [2.45, 2.75) is 18.5 Å². The van der Waals surface area contributed by atoms with Gasteiger partial charge in [0.25, 0.3) is 0 Å². The van der Waals surface area contributed by atoms with Gasteiger partial charge in [-0.25, -0.2) is 0 Å². The van der Waals surface area contributed by atoms with Gasteiger partial charge in [0.1, 0.15) is 19.8 Å². The molecule has 162 valence electrons. The monoisotopic (exact) mass is 422 g/mol. The maximum absolute atomic E-state index is 12.2. The summed E-state index contributed by atoms with van der Waals surface area (Å²) < 4.78 is 128. The Kier molecular flexibility index (Phi) is 10.6. The van der Waals surface area contributed by atoms with Gasteiger partial charge < -0.3 is 18.9 Å². The molecule has 0 atom stereocenters. The normalized spacial score (nSPS) is 13.8. The van der Waals surface area contributed by atoms with Crippen LogP contribution in [0.4, 0.5) is 39.5 Å². The zero-order valence-corrected chi connectivity index (χ0v) is 14.0. The van der Waals surface area contributed by atoms with E-state index >= 15 is 0 Å². The van der Waals surface area contributed by atoms with Crippen LogP contribution in [0.5, 0.6) is 0 Å². The molecule has 0 amide bonds. The fourth-order valence-electron chi connectivity index (χ4n) is 1.76. The Balaban J connectivity index is 5.10. The Labute approximate surface area is 149 Å². The second-order valence-corrected chi connectivity index (χ2v) is 5.63. The fourth-order valence-corrected chi connectivity index (χ4v) is 1.76. The number of hydrogen-bond acceptors (Lipinski definition) is 4. The second-order valence-electron chi connectivity index (χ2n) is 5.63. The van der Waals surface area contributed by atoms with Gasteiger partial charge in [0.15, 0.2) is 0 Å². The molecule has 0 N–H and O–H groups in total. The maximum Gasteiger partial charge on any atom is 0.411 e. The quantitative estimate of drug-likeness (QED) is 0.256. The highest BCUT2D eigenvalue weighted by Gasteiger charge is 2.38. The highest BCUT2D eigenvalue weighted by molar-refractivity contribution is 4.81. The highest BCUT2D eigenvalue weighted by Crippen LogP contribution is 2.26. The van der Waals surface area contributed by atoms with E-state index in [2.05, 4.69) is 20.8 Å². The number of hydrogen-bond donors (Lipinski definition) is 0. The maximum atomic E-state index is 12.2. The molecule has 0 bridgehead atoms. The molecule has 0 aliphatic rings. The van der Waals surface area contributed by atoms with Crippen LogP contribution >= 0.6 is 0 Å². The Bertz CT molecular complexity index is 368. The molecule has 0 heterocycles. The molecule has 0 radical (unpaired) electrons. The molecule has 0 aliphatic heterocycles. The zero-order valence-electron chi connectivity index (χ0n) is 14.0. The van der Waals surface area contributed by atoms with Gasteiger partial charge in [0.05, 0.1) is 38.4 Å². The van der Waals surface area contributed by atoms with Gasteiger partial charge in [-0.15, -0.1) is 6.58 Å². The number of halogens is 9. The Morgan fingerprint density at radius 3 is 1.07 bits per heavy atom. The molecule has 0 fully saturated rings.